The molecule has 1 fully saturated rings. The van der Waals surface area contributed by atoms with E-state index in [1.807, 2.05) is 6.92 Å². The van der Waals surface area contributed by atoms with Crippen LogP contribution in [0.2, 0.25) is 0 Å². The molecule has 0 spiro atoms. The van der Waals surface area contributed by atoms with Crippen LogP contribution in [0.25, 0.3) is 0 Å². The maximum Gasteiger partial charge on any atom is 0.243 e. The summed E-state index contributed by atoms with van der Waals surface area (Å²) < 4.78 is 26.9. The van der Waals surface area contributed by atoms with E-state index in [1.54, 1.807) is 22.5 Å². The molecule has 5 nitrogen and oxygen atoms in total. The normalized spacial score (nSPS) is 19.6. The zero-order valence-electron chi connectivity index (χ0n) is 13.0. The average molecular weight is 311 g/mol. The van der Waals surface area contributed by atoms with Crippen molar-refractivity contribution in [2.24, 2.45) is 0 Å². The molecule has 0 aliphatic carbocycles. The van der Waals surface area contributed by atoms with Gasteiger partial charge in [-0.25, -0.2) is 8.42 Å². The number of benzene rings is 1. The second-order valence-electron chi connectivity index (χ2n) is 5.72. The number of aryl methyl sites for hydroxylation is 1. The highest BCUT2D eigenvalue weighted by Gasteiger charge is 2.29. The van der Waals surface area contributed by atoms with Gasteiger partial charge in [0.25, 0.3) is 0 Å². The quantitative estimate of drug-likeness (QED) is 0.859. The summed E-state index contributed by atoms with van der Waals surface area (Å²) in [6, 6.07) is 5.43. The summed E-state index contributed by atoms with van der Waals surface area (Å²) in [7, 11) is -3.41. The lowest BCUT2D eigenvalue weighted by Crippen LogP contribution is -2.51. The molecule has 0 bridgehead atoms. The lowest BCUT2D eigenvalue weighted by molar-refractivity contribution is 0.142. The summed E-state index contributed by atoms with van der Waals surface area (Å²) in [4.78, 5) is 2.69. The third kappa shape index (κ3) is 3.39. The lowest BCUT2D eigenvalue weighted by atomic mass is 10.2. The topological polar surface area (TPSA) is 66.6 Å². The number of nitrogen functional groups attached to an aromatic ring is 1. The fourth-order valence-electron chi connectivity index (χ4n) is 2.60. The van der Waals surface area contributed by atoms with E-state index in [2.05, 4.69) is 18.7 Å². The van der Waals surface area contributed by atoms with E-state index in [-0.39, 0.29) is 0 Å². The fourth-order valence-corrected chi connectivity index (χ4v) is 4.11. The highest BCUT2D eigenvalue weighted by Crippen LogP contribution is 2.22. The first-order chi connectivity index (χ1) is 9.86. The van der Waals surface area contributed by atoms with E-state index in [4.69, 9.17) is 5.73 Å². The van der Waals surface area contributed by atoms with E-state index in [9.17, 15) is 8.42 Å². The Balaban J connectivity index is 2.13. The maximum atomic E-state index is 12.7. The molecule has 2 N–H and O–H groups in total. The number of piperazine rings is 1. The molecular formula is C15H25N3O2S. The van der Waals surface area contributed by atoms with Gasteiger partial charge in [-0.1, -0.05) is 6.92 Å². The Labute approximate surface area is 127 Å². The van der Waals surface area contributed by atoms with Crippen LogP contribution in [0.4, 0.5) is 5.69 Å². The van der Waals surface area contributed by atoms with Crippen molar-refractivity contribution in [1.29, 1.82) is 0 Å². The summed E-state index contributed by atoms with van der Waals surface area (Å²) in [6.07, 6.45) is 1.09. The highest BCUT2D eigenvalue weighted by molar-refractivity contribution is 7.89. The molecular weight excluding hydrogens is 286 g/mol. The number of hydrogen-bond acceptors (Lipinski definition) is 4. The number of hydrogen-bond donors (Lipinski definition) is 1. The monoisotopic (exact) mass is 311 g/mol. The average Bonchev–Trinajstić information content (AvgIpc) is 2.49. The largest absolute Gasteiger partial charge is 0.399 e. The maximum absolute atomic E-state index is 12.7. The van der Waals surface area contributed by atoms with Gasteiger partial charge in [0.2, 0.25) is 10.0 Å². The minimum atomic E-state index is -3.41. The number of nitrogens with zero attached hydrogens (tertiary/aromatic N) is 2. The minimum Gasteiger partial charge on any atom is -0.399 e. The van der Waals surface area contributed by atoms with Gasteiger partial charge in [-0.2, -0.15) is 4.31 Å². The molecule has 0 saturated carbocycles. The van der Waals surface area contributed by atoms with Crippen LogP contribution in [0.15, 0.2) is 23.1 Å². The molecule has 0 amide bonds. The first kappa shape index (κ1) is 16.3. The number of sulfonamides is 1. The van der Waals surface area contributed by atoms with E-state index >= 15 is 0 Å². The van der Waals surface area contributed by atoms with E-state index in [1.165, 1.54) is 0 Å². The number of rotatable bonds is 4. The fraction of sp³-hybridized carbons (Fsp3) is 0.600. The Morgan fingerprint density at radius 1 is 1.24 bits per heavy atom. The van der Waals surface area contributed by atoms with Crippen LogP contribution >= 0.6 is 0 Å². The molecule has 0 aromatic heterocycles. The van der Waals surface area contributed by atoms with Crippen molar-refractivity contribution in [3.63, 3.8) is 0 Å². The first-order valence-electron chi connectivity index (χ1n) is 7.46. The molecule has 1 aliphatic rings. The van der Waals surface area contributed by atoms with Gasteiger partial charge in [0, 0.05) is 37.9 Å². The van der Waals surface area contributed by atoms with Crippen molar-refractivity contribution < 1.29 is 8.42 Å². The van der Waals surface area contributed by atoms with Crippen molar-refractivity contribution in [2.75, 3.05) is 31.9 Å². The Bertz CT molecular complexity index is 593. The zero-order valence-corrected chi connectivity index (χ0v) is 13.9. The van der Waals surface area contributed by atoms with Gasteiger partial charge < -0.3 is 5.73 Å². The van der Waals surface area contributed by atoms with Crippen molar-refractivity contribution >= 4 is 15.7 Å². The third-order valence-corrected chi connectivity index (χ3v) is 6.26. The van der Waals surface area contributed by atoms with Crippen LogP contribution in [0.3, 0.4) is 0 Å². The molecule has 6 heteroatoms. The summed E-state index contributed by atoms with van der Waals surface area (Å²) in [5, 5.41) is 0. The zero-order chi connectivity index (χ0) is 15.6. The van der Waals surface area contributed by atoms with Crippen LogP contribution < -0.4 is 5.73 Å². The molecule has 1 heterocycles. The van der Waals surface area contributed by atoms with E-state index in [0.29, 0.717) is 29.7 Å². The molecule has 21 heavy (non-hydrogen) atoms. The lowest BCUT2D eigenvalue weighted by Gasteiger charge is -2.37. The molecule has 118 valence electrons. The van der Waals surface area contributed by atoms with Gasteiger partial charge >= 0.3 is 0 Å². The molecule has 1 atom stereocenters. The van der Waals surface area contributed by atoms with Crippen LogP contribution in [0.5, 0.6) is 0 Å². The molecule has 1 unspecified atom stereocenters. The molecule has 1 aliphatic heterocycles. The Morgan fingerprint density at radius 2 is 1.86 bits per heavy atom. The number of nitrogens with two attached hydrogens (primary N) is 1. The predicted octanol–water partition coefficient (Wildman–Crippen LogP) is 1.68. The molecule has 0 radical (unpaired) electrons. The molecule has 1 aromatic carbocycles. The van der Waals surface area contributed by atoms with Crippen molar-refractivity contribution in [1.82, 2.24) is 9.21 Å². The number of anilines is 1. The molecule has 1 saturated heterocycles. The van der Waals surface area contributed by atoms with Gasteiger partial charge in [0.15, 0.2) is 0 Å². The Kier molecular flexibility index (Phi) is 4.91. The van der Waals surface area contributed by atoms with Gasteiger partial charge in [-0.15, -0.1) is 0 Å². The van der Waals surface area contributed by atoms with Crippen molar-refractivity contribution in [3.8, 4) is 0 Å². The summed E-state index contributed by atoms with van der Waals surface area (Å²) >= 11 is 0. The van der Waals surface area contributed by atoms with Crippen molar-refractivity contribution in [2.45, 2.75) is 38.1 Å². The highest BCUT2D eigenvalue weighted by atomic mass is 32.2. The second kappa shape index (κ2) is 6.34. The molecule has 2 rings (SSSR count). The smallest absolute Gasteiger partial charge is 0.243 e. The summed E-state index contributed by atoms with van der Waals surface area (Å²) in [6.45, 7) is 8.87. The molecule has 1 aromatic rings. The van der Waals surface area contributed by atoms with Crippen molar-refractivity contribution in [3.05, 3.63) is 23.8 Å². The van der Waals surface area contributed by atoms with Crippen LogP contribution in [0, 0.1) is 6.92 Å². The second-order valence-corrected chi connectivity index (χ2v) is 7.65. The standard InChI is InChI=1S/C15H25N3O2S/c1-4-13(3)17-7-9-18(10-8-17)21(19,20)14-5-6-15(16)12(2)11-14/h5-6,11,13H,4,7-10,16H2,1-3H3. The van der Waals surface area contributed by atoms with E-state index < -0.39 is 10.0 Å². The summed E-state index contributed by atoms with van der Waals surface area (Å²) in [5.41, 5.74) is 7.18. The van der Waals surface area contributed by atoms with Crippen LogP contribution in [0.1, 0.15) is 25.8 Å². The predicted molar refractivity (Wildman–Crippen MR) is 85.7 cm³/mol. The van der Waals surface area contributed by atoms with Gasteiger partial charge in [-0.3, -0.25) is 4.90 Å². The third-order valence-electron chi connectivity index (χ3n) is 4.37. The van der Waals surface area contributed by atoms with Gasteiger partial charge in [0.05, 0.1) is 4.90 Å². The summed E-state index contributed by atoms with van der Waals surface area (Å²) in [5.74, 6) is 0. The first-order valence-corrected chi connectivity index (χ1v) is 8.90. The van der Waals surface area contributed by atoms with Gasteiger partial charge in [0.1, 0.15) is 0 Å². The Morgan fingerprint density at radius 3 is 2.38 bits per heavy atom. The van der Waals surface area contributed by atoms with Crippen LogP contribution in [-0.4, -0.2) is 49.8 Å². The Hall–Kier alpha value is -1.11. The SMILES string of the molecule is CCC(C)N1CCN(S(=O)(=O)c2ccc(N)c(C)c2)CC1. The van der Waals surface area contributed by atoms with E-state index in [0.717, 1.165) is 25.1 Å². The van der Waals surface area contributed by atoms with Gasteiger partial charge in [-0.05, 0) is 44.0 Å². The van der Waals surface area contributed by atoms with Crippen LogP contribution in [-0.2, 0) is 10.0 Å². The minimum absolute atomic E-state index is 0.339.